The Hall–Kier alpha value is -3.92. The van der Waals surface area contributed by atoms with Gasteiger partial charge in [0.15, 0.2) is 11.5 Å². The third kappa shape index (κ3) is 5.27. The Labute approximate surface area is 205 Å². The lowest BCUT2D eigenvalue weighted by Gasteiger charge is -2.17. The molecule has 1 atom stereocenters. The van der Waals surface area contributed by atoms with E-state index < -0.39 is 23.3 Å². The van der Waals surface area contributed by atoms with E-state index in [-0.39, 0.29) is 19.0 Å². The number of aromatic nitrogens is 4. The van der Waals surface area contributed by atoms with Crippen LogP contribution in [0.4, 0.5) is 11.6 Å². The molecule has 1 N–H and O–H groups in total. The summed E-state index contributed by atoms with van der Waals surface area (Å²) >= 11 is 5.99. The zero-order chi connectivity index (χ0) is 25.1. The largest absolute Gasteiger partial charge is 0.469 e. The monoisotopic (exact) mass is 497 g/mol. The minimum atomic E-state index is -0.783. The smallest absolute Gasteiger partial charge is 0.354 e. The molecule has 0 bridgehead atoms. The van der Waals surface area contributed by atoms with E-state index in [0.29, 0.717) is 34.1 Å². The molecule has 2 aromatic carbocycles. The molecule has 182 valence electrons. The van der Waals surface area contributed by atoms with Gasteiger partial charge in [0, 0.05) is 29.7 Å². The van der Waals surface area contributed by atoms with Crippen molar-refractivity contribution in [3.63, 3.8) is 0 Å². The summed E-state index contributed by atoms with van der Waals surface area (Å²) in [6, 6.07) is 12.2. The maximum Gasteiger partial charge on any atom is 0.354 e. The number of benzene rings is 2. The van der Waals surface area contributed by atoms with Gasteiger partial charge < -0.3 is 14.5 Å². The molecule has 2 aromatic heterocycles. The Bertz CT molecular complexity index is 1490. The maximum atomic E-state index is 13.4. The number of ether oxygens (including phenoxy) is 1. The van der Waals surface area contributed by atoms with Crippen LogP contribution in [0, 0.1) is 5.92 Å². The van der Waals surface area contributed by atoms with E-state index in [1.54, 1.807) is 49.4 Å². The van der Waals surface area contributed by atoms with Gasteiger partial charge >= 0.3 is 17.3 Å². The van der Waals surface area contributed by atoms with Gasteiger partial charge in [-0.1, -0.05) is 37.6 Å². The van der Waals surface area contributed by atoms with E-state index in [0.717, 1.165) is 10.1 Å². The quantitative estimate of drug-likeness (QED) is 0.368. The van der Waals surface area contributed by atoms with Crippen LogP contribution in [0.5, 0.6) is 0 Å². The molecule has 2 heterocycles. The van der Waals surface area contributed by atoms with E-state index in [1.165, 1.54) is 11.7 Å². The van der Waals surface area contributed by atoms with Crippen LogP contribution in [-0.4, -0.2) is 32.2 Å². The molecular formula is C24H24ClN5O5. The standard InChI is InChI=1S/C24H24ClN5O5/c1-4-20-27-18-10-9-17(11-19(18)35-20)26-22-28-23(32)30(12-14(2)21(31)34-3)24(33)29(22)13-15-5-7-16(25)8-6-15/h5-11,14H,4,12-13H2,1-3H3,(H,26,28,32)/t14-/m0/s1. The van der Waals surface area contributed by atoms with Crippen molar-refractivity contribution < 1.29 is 13.9 Å². The van der Waals surface area contributed by atoms with Crippen LogP contribution in [0.2, 0.25) is 5.02 Å². The molecule has 4 rings (SSSR count). The van der Waals surface area contributed by atoms with Crippen LogP contribution in [-0.2, 0) is 29.0 Å². The number of methoxy groups -OCH3 is 1. The number of aryl methyl sites for hydroxylation is 1. The van der Waals surface area contributed by atoms with Crippen molar-refractivity contribution in [2.75, 3.05) is 12.4 Å². The molecule has 11 heteroatoms. The van der Waals surface area contributed by atoms with Crippen LogP contribution in [0.3, 0.4) is 0 Å². The molecule has 0 aliphatic rings. The van der Waals surface area contributed by atoms with Crippen LogP contribution in [0.15, 0.2) is 56.5 Å². The minimum Gasteiger partial charge on any atom is -0.469 e. The summed E-state index contributed by atoms with van der Waals surface area (Å²) in [5.41, 5.74) is 1.20. The third-order valence-electron chi connectivity index (χ3n) is 5.46. The Balaban J connectivity index is 1.77. The van der Waals surface area contributed by atoms with Crippen molar-refractivity contribution in [3.8, 4) is 0 Å². The van der Waals surface area contributed by atoms with Crippen molar-refractivity contribution in [1.29, 1.82) is 0 Å². The number of hydrogen-bond donors (Lipinski definition) is 1. The predicted molar refractivity (Wildman–Crippen MR) is 131 cm³/mol. The lowest BCUT2D eigenvalue weighted by Crippen LogP contribution is -2.44. The SMILES string of the molecule is CCc1nc2ccc(Nc3nc(=O)n(C[C@H](C)C(=O)OC)c(=O)n3Cc3ccc(Cl)cc3)cc2o1. The number of fused-ring (bicyclic) bond motifs is 1. The fraction of sp³-hybridized carbons (Fsp3) is 0.292. The number of carbonyl (C=O) groups excluding carboxylic acids is 1. The lowest BCUT2D eigenvalue weighted by atomic mass is 10.2. The number of halogens is 1. The first-order valence-corrected chi connectivity index (χ1v) is 11.4. The molecule has 0 fully saturated rings. The number of nitrogens with zero attached hydrogens (tertiary/aromatic N) is 4. The van der Waals surface area contributed by atoms with Crippen molar-refractivity contribution in [2.45, 2.75) is 33.4 Å². The molecular weight excluding hydrogens is 474 g/mol. The molecule has 35 heavy (non-hydrogen) atoms. The van der Waals surface area contributed by atoms with E-state index in [2.05, 4.69) is 15.3 Å². The van der Waals surface area contributed by atoms with Gasteiger partial charge in [-0.3, -0.25) is 9.36 Å². The van der Waals surface area contributed by atoms with E-state index in [4.69, 9.17) is 20.8 Å². The summed E-state index contributed by atoms with van der Waals surface area (Å²) in [6.45, 7) is 3.47. The van der Waals surface area contributed by atoms with Crippen LogP contribution in [0.25, 0.3) is 11.1 Å². The average Bonchev–Trinajstić information content (AvgIpc) is 3.27. The van der Waals surface area contributed by atoms with E-state index in [1.807, 2.05) is 6.92 Å². The second-order valence-electron chi connectivity index (χ2n) is 8.02. The van der Waals surface area contributed by atoms with Crippen LogP contribution >= 0.6 is 11.6 Å². The number of esters is 1. The van der Waals surface area contributed by atoms with Gasteiger partial charge in [-0.2, -0.15) is 4.98 Å². The fourth-order valence-corrected chi connectivity index (χ4v) is 3.70. The van der Waals surface area contributed by atoms with Crippen LogP contribution in [0.1, 0.15) is 25.3 Å². The van der Waals surface area contributed by atoms with Crippen molar-refractivity contribution >= 4 is 40.3 Å². The van der Waals surface area contributed by atoms with Gasteiger partial charge in [-0.25, -0.2) is 19.1 Å². The number of anilines is 2. The number of oxazole rings is 1. The molecule has 10 nitrogen and oxygen atoms in total. The normalized spacial score (nSPS) is 12.0. The fourth-order valence-electron chi connectivity index (χ4n) is 3.58. The van der Waals surface area contributed by atoms with Gasteiger partial charge in [-0.15, -0.1) is 0 Å². The topological polar surface area (TPSA) is 121 Å². The Morgan fingerprint density at radius 2 is 1.89 bits per heavy atom. The van der Waals surface area contributed by atoms with E-state index >= 15 is 0 Å². The van der Waals surface area contributed by atoms with Gasteiger partial charge in [0.1, 0.15) is 5.52 Å². The molecule has 0 amide bonds. The van der Waals surface area contributed by atoms with Crippen molar-refractivity contribution in [2.24, 2.45) is 5.92 Å². The predicted octanol–water partition coefficient (Wildman–Crippen LogP) is 3.36. The van der Waals surface area contributed by atoms with Gasteiger partial charge in [0.05, 0.1) is 19.6 Å². The molecule has 0 radical (unpaired) electrons. The highest BCUT2D eigenvalue weighted by Crippen LogP contribution is 2.22. The van der Waals surface area contributed by atoms with Gasteiger partial charge in [0.25, 0.3) is 0 Å². The van der Waals surface area contributed by atoms with Crippen molar-refractivity contribution in [1.82, 2.24) is 19.1 Å². The number of carbonyl (C=O) groups is 1. The van der Waals surface area contributed by atoms with Gasteiger partial charge in [0.2, 0.25) is 5.95 Å². The highest BCUT2D eigenvalue weighted by molar-refractivity contribution is 6.30. The average molecular weight is 498 g/mol. The summed E-state index contributed by atoms with van der Waals surface area (Å²) in [4.78, 5) is 46.6. The first-order chi connectivity index (χ1) is 16.8. The highest BCUT2D eigenvalue weighted by atomic mass is 35.5. The Kier molecular flexibility index (Phi) is 7.02. The first-order valence-electron chi connectivity index (χ1n) is 11.0. The number of hydrogen-bond acceptors (Lipinski definition) is 8. The minimum absolute atomic E-state index is 0.0477. The zero-order valence-corrected chi connectivity index (χ0v) is 20.2. The zero-order valence-electron chi connectivity index (χ0n) is 19.4. The molecule has 4 aromatic rings. The summed E-state index contributed by atoms with van der Waals surface area (Å²) in [5, 5.41) is 3.61. The molecule has 0 saturated heterocycles. The maximum absolute atomic E-state index is 13.4. The van der Waals surface area contributed by atoms with E-state index in [9.17, 15) is 14.4 Å². The van der Waals surface area contributed by atoms with Crippen LogP contribution < -0.4 is 16.7 Å². The highest BCUT2D eigenvalue weighted by Gasteiger charge is 2.20. The summed E-state index contributed by atoms with van der Waals surface area (Å²) < 4.78 is 12.7. The Morgan fingerprint density at radius 1 is 1.14 bits per heavy atom. The summed E-state index contributed by atoms with van der Waals surface area (Å²) in [5.74, 6) is -0.588. The Morgan fingerprint density at radius 3 is 2.57 bits per heavy atom. The second-order valence-corrected chi connectivity index (χ2v) is 8.45. The molecule has 0 aliphatic heterocycles. The van der Waals surface area contributed by atoms with Gasteiger partial charge in [-0.05, 0) is 29.8 Å². The number of nitrogens with one attached hydrogen (secondary N) is 1. The second kappa shape index (κ2) is 10.1. The molecule has 0 saturated carbocycles. The molecule has 0 aliphatic carbocycles. The molecule has 0 unspecified atom stereocenters. The summed E-state index contributed by atoms with van der Waals surface area (Å²) in [6.07, 6.45) is 0.655. The molecule has 0 spiro atoms. The third-order valence-corrected chi connectivity index (χ3v) is 5.71. The lowest BCUT2D eigenvalue weighted by molar-refractivity contribution is -0.145. The summed E-state index contributed by atoms with van der Waals surface area (Å²) in [7, 11) is 1.25. The van der Waals surface area contributed by atoms with Crippen molar-refractivity contribution in [3.05, 3.63) is 79.9 Å². The number of rotatable bonds is 8. The first kappa shape index (κ1) is 24.2.